The van der Waals surface area contributed by atoms with Crippen LogP contribution in [0.15, 0.2) is 35.8 Å². The average Bonchev–Trinajstić information content (AvgIpc) is 2.31. The maximum absolute atomic E-state index is 9.53. The number of allylic oxidation sites excluding steroid dienone is 4. The fourth-order valence-electron chi connectivity index (χ4n) is 2.56. The molecule has 2 atom stereocenters. The number of aliphatic hydroxyl groups excluding tert-OH is 1. The number of nitrogens with zero attached hydrogens (tertiary/aromatic N) is 2. The van der Waals surface area contributed by atoms with Gasteiger partial charge < -0.3 is 5.11 Å². The third-order valence-electron chi connectivity index (χ3n) is 4.19. The van der Waals surface area contributed by atoms with E-state index in [1.165, 1.54) is 11.1 Å². The first-order valence-corrected chi connectivity index (χ1v) is 6.44. The smallest absolute Gasteiger partial charge is 0.387 e. The van der Waals surface area contributed by atoms with E-state index in [0.717, 1.165) is 25.5 Å². The number of hydrogen-bond donors (Lipinski definition) is 1. The molecule has 18 heavy (non-hydrogen) atoms. The summed E-state index contributed by atoms with van der Waals surface area (Å²) in [6.07, 6.45) is 6.94. The second-order valence-electron chi connectivity index (χ2n) is 5.67. The second kappa shape index (κ2) is 5.86. The standard InChI is InChI=1S/C15H22N2O/c1-11(2)13-6-5-12(3)15(4,9-13)8-7-14(18)10-17-16/h5,10,13H,1,6-9H2,2-4H3/p+1/b14-10-/t13-,15-/m1/s1. The molecule has 0 saturated heterocycles. The molecular weight excluding hydrogens is 224 g/mol. The Morgan fingerprint density at radius 3 is 2.94 bits per heavy atom. The first-order chi connectivity index (χ1) is 8.39. The van der Waals surface area contributed by atoms with Crippen LogP contribution in [0, 0.1) is 16.7 Å². The minimum atomic E-state index is 0.0964. The topological polar surface area (TPSA) is 48.4 Å². The van der Waals surface area contributed by atoms with Gasteiger partial charge in [0.2, 0.25) is 5.39 Å². The normalized spacial score (nSPS) is 28.4. The van der Waals surface area contributed by atoms with Gasteiger partial charge in [0.15, 0.2) is 10.7 Å². The van der Waals surface area contributed by atoms with E-state index in [1.54, 1.807) is 0 Å². The number of rotatable bonds is 4. The number of diazo groups is 1. The van der Waals surface area contributed by atoms with Gasteiger partial charge in [-0.2, -0.15) is 0 Å². The number of hydrogen-bond acceptors (Lipinski definition) is 2. The van der Waals surface area contributed by atoms with E-state index < -0.39 is 0 Å². The minimum Gasteiger partial charge on any atom is -0.505 e. The van der Waals surface area contributed by atoms with Gasteiger partial charge >= 0.3 is 6.20 Å². The van der Waals surface area contributed by atoms with Crippen LogP contribution in [-0.2, 0) is 0 Å². The molecule has 3 heteroatoms. The van der Waals surface area contributed by atoms with Crippen LogP contribution < -0.4 is 0 Å². The van der Waals surface area contributed by atoms with Crippen LogP contribution in [0.5, 0.6) is 0 Å². The highest BCUT2D eigenvalue weighted by Gasteiger charge is 2.33. The molecule has 0 aliphatic heterocycles. The van der Waals surface area contributed by atoms with Crippen LogP contribution in [0.1, 0.15) is 46.5 Å². The van der Waals surface area contributed by atoms with Gasteiger partial charge in [-0.25, -0.2) is 0 Å². The molecule has 0 aromatic heterocycles. The molecule has 0 unspecified atom stereocenters. The molecule has 1 aliphatic carbocycles. The molecule has 1 rings (SSSR count). The average molecular weight is 247 g/mol. The highest BCUT2D eigenvalue weighted by atomic mass is 16.3. The molecule has 0 bridgehead atoms. The Morgan fingerprint density at radius 1 is 1.72 bits per heavy atom. The van der Waals surface area contributed by atoms with Crippen molar-refractivity contribution in [3.8, 4) is 0 Å². The van der Waals surface area contributed by atoms with Crippen molar-refractivity contribution in [2.45, 2.75) is 46.5 Å². The first-order valence-electron chi connectivity index (χ1n) is 6.44. The molecule has 0 radical (unpaired) electrons. The zero-order chi connectivity index (χ0) is 13.8. The molecule has 3 nitrogen and oxygen atoms in total. The highest BCUT2D eigenvalue weighted by Crippen LogP contribution is 2.45. The van der Waals surface area contributed by atoms with Crippen LogP contribution in [0.2, 0.25) is 0 Å². The van der Waals surface area contributed by atoms with Crippen molar-refractivity contribution < 1.29 is 5.11 Å². The van der Waals surface area contributed by atoms with Crippen molar-refractivity contribution in [1.82, 2.24) is 0 Å². The molecular formula is C15H23N2O+. The molecule has 98 valence electrons. The maximum Gasteiger partial charge on any atom is 0.387 e. The van der Waals surface area contributed by atoms with Crippen LogP contribution in [0.3, 0.4) is 0 Å². The lowest BCUT2D eigenvalue weighted by atomic mass is 9.67. The molecule has 0 spiro atoms. The summed E-state index contributed by atoms with van der Waals surface area (Å²) in [5, 5.41) is 17.9. The van der Waals surface area contributed by atoms with Gasteiger partial charge in [-0.15, -0.1) is 0 Å². The molecule has 1 N–H and O–H groups in total. The largest absolute Gasteiger partial charge is 0.505 e. The van der Waals surface area contributed by atoms with Crippen molar-refractivity contribution in [2.24, 2.45) is 11.3 Å². The Balaban J connectivity index is 2.75. The van der Waals surface area contributed by atoms with Crippen LogP contribution in [0.25, 0.3) is 4.98 Å². The Hall–Kier alpha value is -1.56. The molecule has 1 aliphatic rings. The predicted molar refractivity (Wildman–Crippen MR) is 74.4 cm³/mol. The summed E-state index contributed by atoms with van der Waals surface area (Å²) >= 11 is 0. The molecule has 0 aromatic carbocycles. The molecule has 0 saturated carbocycles. The monoisotopic (exact) mass is 247 g/mol. The molecule has 0 amide bonds. The van der Waals surface area contributed by atoms with E-state index in [9.17, 15) is 5.11 Å². The Labute approximate surface area is 110 Å². The van der Waals surface area contributed by atoms with Crippen molar-refractivity contribution in [3.05, 3.63) is 40.7 Å². The van der Waals surface area contributed by atoms with Crippen molar-refractivity contribution in [1.29, 1.82) is 5.39 Å². The van der Waals surface area contributed by atoms with E-state index >= 15 is 0 Å². The summed E-state index contributed by atoms with van der Waals surface area (Å²) in [5.74, 6) is 0.663. The predicted octanol–water partition coefficient (Wildman–Crippen LogP) is 4.96. The highest BCUT2D eigenvalue weighted by molar-refractivity contribution is 5.19. The Kier molecular flexibility index (Phi) is 4.72. The van der Waals surface area contributed by atoms with E-state index in [-0.39, 0.29) is 11.2 Å². The zero-order valence-electron chi connectivity index (χ0n) is 11.6. The van der Waals surface area contributed by atoms with Crippen molar-refractivity contribution >= 4 is 0 Å². The number of aliphatic hydroxyl groups is 1. The first kappa shape index (κ1) is 14.5. The lowest BCUT2D eigenvalue weighted by Crippen LogP contribution is -2.26. The lowest BCUT2D eigenvalue weighted by molar-refractivity contribution is 0.254. The quantitative estimate of drug-likeness (QED) is 0.433. The van der Waals surface area contributed by atoms with Crippen molar-refractivity contribution in [2.75, 3.05) is 0 Å². The van der Waals surface area contributed by atoms with Gasteiger partial charge in [0.05, 0.1) is 0 Å². The van der Waals surface area contributed by atoms with Gasteiger partial charge in [-0.1, -0.05) is 30.7 Å². The van der Waals surface area contributed by atoms with Gasteiger partial charge in [0.25, 0.3) is 0 Å². The summed E-state index contributed by atoms with van der Waals surface area (Å²) in [6, 6.07) is 0. The maximum atomic E-state index is 9.53. The van der Waals surface area contributed by atoms with Gasteiger partial charge in [-0.05, 0) is 44.4 Å². The fourth-order valence-corrected chi connectivity index (χ4v) is 2.56. The van der Waals surface area contributed by atoms with Crippen molar-refractivity contribution in [3.63, 3.8) is 0 Å². The van der Waals surface area contributed by atoms with Crippen LogP contribution >= 0.6 is 0 Å². The minimum absolute atomic E-state index is 0.0964. The van der Waals surface area contributed by atoms with Gasteiger partial charge in [0.1, 0.15) is 0 Å². The SMILES string of the molecule is C=C(C)[C@@H]1CC=C(C)[C@](C)(CC/C(O)=C/[N+]#N)C1. The lowest BCUT2D eigenvalue weighted by Gasteiger charge is -2.38. The zero-order valence-corrected chi connectivity index (χ0v) is 11.6. The van der Waals surface area contributed by atoms with Crippen LogP contribution in [-0.4, -0.2) is 5.11 Å². The third kappa shape index (κ3) is 3.46. The Bertz CT molecular complexity index is 428. The summed E-state index contributed by atoms with van der Waals surface area (Å²) in [4.78, 5) is 2.84. The summed E-state index contributed by atoms with van der Waals surface area (Å²) in [7, 11) is 0. The molecule has 0 heterocycles. The van der Waals surface area contributed by atoms with Gasteiger partial charge in [0, 0.05) is 6.42 Å². The molecule has 0 aromatic rings. The van der Waals surface area contributed by atoms with Crippen LogP contribution in [0.4, 0.5) is 0 Å². The summed E-state index contributed by atoms with van der Waals surface area (Å²) in [5.41, 5.74) is 2.71. The summed E-state index contributed by atoms with van der Waals surface area (Å²) in [6.45, 7) is 10.5. The fraction of sp³-hybridized carbons (Fsp3) is 0.600. The Morgan fingerprint density at radius 2 is 2.39 bits per heavy atom. The van der Waals surface area contributed by atoms with E-state index in [0.29, 0.717) is 12.3 Å². The van der Waals surface area contributed by atoms with E-state index in [1.807, 2.05) is 0 Å². The van der Waals surface area contributed by atoms with E-state index in [4.69, 9.17) is 5.39 Å². The summed E-state index contributed by atoms with van der Waals surface area (Å²) < 4.78 is 0. The molecule has 0 fully saturated rings. The van der Waals surface area contributed by atoms with E-state index in [2.05, 4.69) is 38.4 Å². The van der Waals surface area contributed by atoms with Gasteiger partial charge in [-0.3, -0.25) is 0 Å². The third-order valence-corrected chi connectivity index (χ3v) is 4.19. The second-order valence-corrected chi connectivity index (χ2v) is 5.67.